The molecule has 2 aromatic carbocycles. The zero-order valence-corrected chi connectivity index (χ0v) is 30.0. The van der Waals surface area contributed by atoms with Crippen molar-refractivity contribution in [2.75, 3.05) is 19.8 Å². The SMILES string of the molecule is Cl.NCCOc1ccc(C(F)(F)F)cc1Cl.O=C(CCCOc1ccc(C(F)(F)F)cc1Cl)c1cccnc1C(F)(F)F.O=C(O)c1cccnc1C(F)(F)F. The van der Waals surface area contributed by atoms with Gasteiger partial charge in [-0.15, -0.1) is 12.4 Å². The normalized spacial score (nSPS) is 11.6. The van der Waals surface area contributed by atoms with Gasteiger partial charge in [-0.3, -0.25) is 14.8 Å². The minimum Gasteiger partial charge on any atom is -0.492 e. The molecule has 2 heterocycles. The monoisotopic (exact) mass is 877 g/mol. The van der Waals surface area contributed by atoms with Crippen molar-refractivity contribution >= 4 is 47.4 Å². The highest BCUT2D eigenvalue weighted by atomic mass is 35.5. The van der Waals surface area contributed by atoms with Gasteiger partial charge in [-0.05, 0) is 67.1 Å². The number of carboxylic acids is 1. The lowest BCUT2D eigenvalue weighted by Crippen LogP contribution is -2.15. The van der Waals surface area contributed by atoms with Crippen molar-refractivity contribution < 1.29 is 76.9 Å². The van der Waals surface area contributed by atoms with Crippen molar-refractivity contribution in [1.82, 2.24) is 9.97 Å². The number of aromatic carboxylic acids is 1. The number of hydrogen-bond acceptors (Lipinski definition) is 7. The van der Waals surface area contributed by atoms with Gasteiger partial charge in [0.05, 0.1) is 33.3 Å². The van der Waals surface area contributed by atoms with Gasteiger partial charge < -0.3 is 20.3 Å². The Morgan fingerprint density at radius 1 is 0.643 bits per heavy atom. The Morgan fingerprint density at radius 3 is 1.41 bits per heavy atom. The standard InChI is InChI=1S/C17H12ClF6NO2.C9H9ClF3NO.C7H4F3NO2.ClH/c18-12-9-10(16(19,20)21)5-6-14(12)27-8-2-4-13(26)11-3-1-7-25-15(11)17(22,23)24;10-7-5-6(9(11,12)13)1-2-8(7)15-4-3-14;8-7(9,10)5-4(6(12)13)2-1-3-11-5;/h1,3,5-7,9H,2,4,8H2;1-2,5H,3-4,14H2;1-3H,(H,12,13);1H. The molecule has 2 aromatic heterocycles. The maximum Gasteiger partial charge on any atom is 0.434 e. The lowest BCUT2D eigenvalue weighted by molar-refractivity contribution is -0.142. The van der Waals surface area contributed by atoms with Crippen LogP contribution < -0.4 is 15.2 Å². The molecule has 0 aliphatic carbocycles. The number of pyridine rings is 2. The van der Waals surface area contributed by atoms with Gasteiger partial charge in [0.1, 0.15) is 18.1 Å². The fraction of sp³-hybridized carbons (Fsp3) is 0.273. The quantitative estimate of drug-likeness (QED) is 0.0917. The number of hydrogen-bond donors (Lipinski definition) is 2. The fourth-order valence-corrected chi connectivity index (χ4v) is 4.44. The summed E-state index contributed by atoms with van der Waals surface area (Å²) in [5, 5.41) is 8.06. The molecule has 308 valence electrons. The number of ether oxygens (including phenoxy) is 2. The van der Waals surface area contributed by atoms with Gasteiger partial charge in [-0.1, -0.05) is 23.2 Å². The second-order valence-corrected chi connectivity index (χ2v) is 11.2. The molecule has 0 atom stereocenters. The number of aromatic nitrogens is 2. The highest BCUT2D eigenvalue weighted by molar-refractivity contribution is 6.32. The van der Waals surface area contributed by atoms with Crippen molar-refractivity contribution in [2.24, 2.45) is 5.73 Å². The summed E-state index contributed by atoms with van der Waals surface area (Å²) in [7, 11) is 0. The largest absolute Gasteiger partial charge is 0.492 e. The van der Waals surface area contributed by atoms with E-state index in [0.717, 1.165) is 54.9 Å². The van der Waals surface area contributed by atoms with E-state index in [0.29, 0.717) is 6.07 Å². The highest BCUT2D eigenvalue weighted by Gasteiger charge is 2.38. The first-order valence-corrected chi connectivity index (χ1v) is 15.6. The van der Waals surface area contributed by atoms with Crippen LogP contribution in [0.15, 0.2) is 73.1 Å². The molecule has 0 bridgehead atoms. The number of rotatable bonds is 10. The minimum atomic E-state index is -4.75. The van der Waals surface area contributed by atoms with Crippen molar-refractivity contribution in [3.05, 3.63) is 117 Å². The van der Waals surface area contributed by atoms with Crippen LogP contribution in [0.5, 0.6) is 11.5 Å². The predicted octanol–water partition coefficient (Wildman–Crippen LogP) is 10.7. The van der Waals surface area contributed by atoms with Crippen LogP contribution in [0.1, 0.15) is 56.1 Å². The maximum atomic E-state index is 12.8. The summed E-state index contributed by atoms with van der Waals surface area (Å²) in [5.74, 6) is -2.22. The van der Waals surface area contributed by atoms with E-state index in [4.69, 9.17) is 43.5 Å². The molecular formula is C33H26Cl3F12N3O5. The molecule has 0 spiro atoms. The van der Waals surface area contributed by atoms with Crippen molar-refractivity contribution in [3.8, 4) is 11.5 Å². The van der Waals surface area contributed by atoms with Gasteiger partial charge in [0.15, 0.2) is 17.2 Å². The van der Waals surface area contributed by atoms with Crippen LogP contribution in [0, 0.1) is 0 Å². The van der Waals surface area contributed by atoms with E-state index in [9.17, 15) is 62.3 Å². The van der Waals surface area contributed by atoms with Crippen LogP contribution >= 0.6 is 35.6 Å². The zero-order valence-electron chi connectivity index (χ0n) is 27.7. The van der Waals surface area contributed by atoms with Gasteiger partial charge in [0.25, 0.3) is 0 Å². The van der Waals surface area contributed by atoms with Crippen molar-refractivity contribution in [2.45, 2.75) is 37.5 Å². The first-order chi connectivity index (χ1) is 25.4. The van der Waals surface area contributed by atoms with E-state index >= 15 is 0 Å². The Labute approximate surface area is 324 Å². The van der Waals surface area contributed by atoms with Gasteiger partial charge in [-0.2, -0.15) is 52.7 Å². The van der Waals surface area contributed by atoms with Crippen LogP contribution in [-0.4, -0.2) is 46.6 Å². The number of nitrogens with two attached hydrogens (primary N) is 1. The minimum absolute atomic E-state index is 0. The van der Waals surface area contributed by atoms with Gasteiger partial charge in [0.2, 0.25) is 0 Å². The topological polar surface area (TPSA) is 125 Å². The first-order valence-electron chi connectivity index (χ1n) is 14.9. The highest BCUT2D eigenvalue weighted by Crippen LogP contribution is 2.36. The third kappa shape index (κ3) is 15.5. The van der Waals surface area contributed by atoms with Crippen LogP contribution in [0.4, 0.5) is 52.7 Å². The van der Waals surface area contributed by atoms with Crippen LogP contribution in [0.2, 0.25) is 10.0 Å². The van der Waals surface area contributed by atoms with E-state index < -0.39 is 70.1 Å². The average Bonchev–Trinajstić information content (AvgIpc) is 3.09. The molecule has 0 saturated heterocycles. The fourth-order valence-electron chi connectivity index (χ4n) is 3.97. The summed E-state index contributed by atoms with van der Waals surface area (Å²) in [6.07, 6.45) is -16.8. The second kappa shape index (κ2) is 21.1. The number of halogens is 15. The lowest BCUT2D eigenvalue weighted by Gasteiger charge is -2.12. The summed E-state index contributed by atoms with van der Waals surface area (Å²) in [4.78, 5) is 28.5. The summed E-state index contributed by atoms with van der Waals surface area (Å²) in [5.41, 5.74) is -0.577. The molecule has 8 nitrogen and oxygen atoms in total. The second-order valence-electron chi connectivity index (χ2n) is 10.4. The molecule has 23 heteroatoms. The molecule has 0 aliphatic rings. The van der Waals surface area contributed by atoms with Crippen molar-refractivity contribution in [3.63, 3.8) is 0 Å². The molecule has 0 saturated carbocycles. The number of benzene rings is 2. The van der Waals surface area contributed by atoms with Gasteiger partial charge in [0, 0.05) is 30.9 Å². The lowest BCUT2D eigenvalue weighted by atomic mass is 10.0. The Balaban J connectivity index is 0.000000457. The molecular weight excluding hydrogens is 853 g/mol. The summed E-state index contributed by atoms with van der Waals surface area (Å²) in [6, 6.07) is 9.70. The molecule has 4 rings (SSSR count). The number of ketones is 1. The number of carbonyl (C=O) groups is 2. The first kappa shape index (κ1) is 49.5. The number of carboxylic acid groups (broad SMARTS) is 1. The van der Waals surface area contributed by atoms with Crippen molar-refractivity contribution in [1.29, 1.82) is 0 Å². The third-order valence-corrected chi connectivity index (χ3v) is 6.97. The number of nitrogens with zero attached hydrogens (tertiary/aromatic N) is 2. The smallest absolute Gasteiger partial charge is 0.434 e. The predicted molar refractivity (Wildman–Crippen MR) is 179 cm³/mol. The van der Waals surface area contributed by atoms with Crippen LogP contribution in [0.25, 0.3) is 0 Å². The Kier molecular flexibility index (Phi) is 18.7. The Bertz CT molecular complexity index is 1910. The third-order valence-electron chi connectivity index (χ3n) is 6.38. The van der Waals surface area contributed by atoms with Gasteiger partial charge >= 0.3 is 30.7 Å². The van der Waals surface area contributed by atoms with E-state index in [2.05, 4.69) is 9.97 Å². The van der Waals surface area contributed by atoms with E-state index in [1.54, 1.807) is 0 Å². The molecule has 0 radical (unpaired) electrons. The molecule has 3 N–H and O–H groups in total. The average molecular weight is 879 g/mol. The summed E-state index contributed by atoms with van der Waals surface area (Å²) >= 11 is 11.3. The van der Waals surface area contributed by atoms with E-state index in [-0.39, 0.29) is 66.6 Å². The number of alkyl halides is 12. The molecule has 56 heavy (non-hydrogen) atoms. The molecule has 4 aromatic rings. The maximum absolute atomic E-state index is 12.8. The summed E-state index contributed by atoms with van der Waals surface area (Å²) < 4.78 is 159. The molecule has 0 aliphatic heterocycles. The van der Waals surface area contributed by atoms with Crippen LogP contribution in [-0.2, 0) is 24.7 Å². The summed E-state index contributed by atoms with van der Waals surface area (Å²) in [6.45, 7) is 0.376. The molecule has 0 amide bonds. The Hall–Kier alpha value is -4.53. The zero-order chi connectivity index (χ0) is 41.8. The Morgan fingerprint density at radius 2 is 1.05 bits per heavy atom. The van der Waals surface area contributed by atoms with Gasteiger partial charge in [-0.25, -0.2) is 4.79 Å². The van der Waals surface area contributed by atoms with E-state index in [1.165, 1.54) is 12.1 Å². The molecule has 0 fully saturated rings. The molecule has 0 unspecified atom stereocenters. The van der Waals surface area contributed by atoms with E-state index in [1.807, 2.05) is 0 Å². The number of carbonyl (C=O) groups excluding carboxylic acids is 1. The number of Topliss-reactive ketones (excluding diaryl/α,β-unsaturated/α-hetero) is 1. The van der Waals surface area contributed by atoms with Crippen LogP contribution in [0.3, 0.4) is 0 Å².